The Balaban J connectivity index is 1.78. The molecule has 3 nitrogen and oxygen atoms in total. The van der Waals surface area contributed by atoms with Gasteiger partial charge in [0.2, 0.25) is 0 Å². The van der Waals surface area contributed by atoms with Gasteiger partial charge in [0, 0.05) is 25.0 Å². The molecule has 1 aliphatic heterocycles. The summed E-state index contributed by atoms with van der Waals surface area (Å²) < 4.78 is 5.29. The van der Waals surface area contributed by atoms with E-state index >= 15 is 0 Å². The highest BCUT2D eigenvalue weighted by atomic mass is 32.1. The quantitative estimate of drug-likeness (QED) is 0.852. The van der Waals surface area contributed by atoms with Crippen LogP contribution >= 0.6 is 11.3 Å². The maximum atomic E-state index is 9.88. The Morgan fingerprint density at radius 3 is 3.20 bits per heavy atom. The number of thiazole rings is 1. The molecule has 1 aromatic heterocycles. The number of aliphatic hydroxyl groups excluding tert-OH is 1. The number of aryl methyl sites for hydroxylation is 1. The molecule has 0 aromatic carbocycles. The first kappa shape index (κ1) is 11.0. The van der Waals surface area contributed by atoms with Gasteiger partial charge >= 0.3 is 0 Å². The summed E-state index contributed by atoms with van der Waals surface area (Å²) in [6.07, 6.45) is 2.35. The van der Waals surface area contributed by atoms with Crippen LogP contribution in [0.1, 0.15) is 23.5 Å². The third-order valence-electron chi connectivity index (χ3n) is 2.74. The van der Waals surface area contributed by atoms with Crippen LogP contribution in [0.25, 0.3) is 0 Å². The zero-order valence-corrected chi connectivity index (χ0v) is 9.80. The molecular formula is C11H17NO2S. The molecule has 0 saturated carbocycles. The summed E-state index contributed by atoms with van der Waals surface area (Å²) in [5, 5.41) is 13.0. The predicted molar refractivity (Wildman–Crippen MR) is 60.1 cm³/mol. The zero-order chi connectivity index (χ0) is 10.7. The van der Waals surface area contributed by atoms with E-state index in [0.717, 1.165) is 36.8 Å². The highest BCUT2D eigenvalue weighted by molar-refractivity contribution is 7.09. The average molecular weight is 227 g/mol. The lowest BCUT2D eigenvalue weighted by atomic mass is 9.98. The second kappa shape index (κ2) is 5.05. The second-order valence-electron chi connectivity index (χ2n) is 4.18. The number of ether oxygens (including phenoxy) is 1. The summed E-state index contributed by atoms with van der Waals surface area (Å²) in [6.45, 7) is 3.66. The van der Waals surface area contributed by atoms with E-state index in [0.29, 0.717) is 12.3 Å². The Morgan fingerprint density at radius 1 is 1.73 bits per heavy atom. The summed E-state index contributed by atoms with van der Waals surface area (Å²) in [7, 11) is 0. The standard InChI is InChI=1S/C11H17NO2S/c1-8-12-10(7-15-8)5-11(13)4-9-2-3-14-6-9/h7,9,11,13H,2-6H2,1H3. The first-order valence-electron chi connectivity index (χ1n) is 5.41. The molecule has 2 unspecified atom stereocenters. The fraction of sp³-hybridized carbons (Fsp3) is 0.727. The van der Waals surface area contributed by atoms with E-state index in [1.165, 1.54) is 0 Å². The minimum Gasteiger partial charge on any atom is -0.393 e. The van der Waals surface area contributed by atoms with E-state index in [4.69, 9.17) is 4.74 Å². The van der Waals surface area contributed by atoms with Crippen LogP contribution in [0.4, 0.5) is 0 Å². The molecule has 1 saturated heterocycles. The van der Waals surface area contributed by atoms with Crippen molar-refractivity contribution in [2.45, 2.75) is 32.3 Å². The van der Waals surface area contributed by atoms with Gasteiger partial charge < -0.3 is 9.84 Å². The normalized spacial score (nSPS) is 23.2. The van der Waals surface area contributed by atoms with Gasteiger partial charge in [-0.15, -0.1) is 11.3 Å². The fourth-order valence-corrected chi connectivity index (χ4v) is 2.61. The summed E-state index contributed by atoms with van der Waals surface area (Å²) >= 11 is 1.64. The maximum absolute atomic E-state index is 9.88. The van der Waals surface area contributed by atoms with E-state index in [1.807, 2.05) is 12.3 Å². The molecule has 2 heterocycles. The van der Waals surface area contributed by atoms with Crippen molar-refractivity contribution in [3.8, 4) is 0 Å². The molecule has 0 bridgehead atoms. The SMILES string of the molecule is Cc1nc(CC(O)CC2CCOC2)cs1. The molecule has 0 aliphatic carbocycles. The van der Waals surface area contributed by atoms with Crippen LogP contribution in [0.15, 0.2) is 5.38 Å². The van der Waals surface area contributed by atoms with Crippen molar-refractivity contribution in [3.05, 3.63) is 16.1 Å². The Morgan fingerprint density at radius 2 is 2.60 bits per heavy atom. The van der Waals surface area contributed by atoms with Gasteiger partial charge in [0.15, 0.2) is 0 Å². The molecule has 0 amide bonds. The minimum absolute atomic E-state index is 0.266. The van der Waals surface area contributed by atoms with E-state index in [-0.39, 0.29) is 6.10 Å². The van der Waals surface area contributed by atoms with Gasteiger partial charge in [-0.05, 0) is 25.7 Å². The molecule has 15 heavy (non-hydrogen) atoms. The fourth-order valence-electron chi connectivity index (χ4n) is 1.98. The number of hydrogen-bond acceptors (Lipinski definition) is 4. The van der Waals surface area contributed by atoms with Crippen LogP contribution in [0.2, 0.25) is 0 Å². The first-order valence-corrected chi connectivity index (χ1v) is 6.29. The zero-order valence-electron chi connectivity index (χ0n) is 8.98. The van der Waals surface area contributed by atoms with Crippen LogP contribution in [0, 0.1) is 12.8 Å². The smallest absolute Gasteiger partial charge is 0.0897 e. The molecule has 4 heteroatoms. The number of hydrogen-bond donors (Lipinski definition) is 1. The number of rotatable bonds is 4. The van der Waals surface area contributed by atoms with Gasteiger partial charge in [-0.2, -0.15) is 0 Å². The van der Waals surface area contributed by atoms with Crippen molar-refractivity contribution >= 4 is 11.3 Å². The van der Waals surface area contributed by atoms with Crippen molar-refractivity contribution in [2.24, 2.45) is 5.92 Å². The van der Waals surface area contributed by atoms with Crippen molar-refractivity contribution in [2.75, 3.05) is 13.2 Å². The lowest BCUT2D eigenvalue weighted by Gasteiger charge is -2.12. The number of nitrogens with zero attached hydrogens (tertiary/aromatic N) is 1. The summed E-state index contributed by atoms with van der Waals surface area (Å²) in [6, 6.07) is 0. The van der Waals surface area contributed by atoms with Crippen molar-refractivity contribution in [3.63, 3.8) is 0 Å². The molecular weight excluding hydrogens is 210 g/mol. The van der Waals surface area contributed by atoms with E-state index < -0.39 is 0 Å². The summed E-state index contributed by atoms with van der Waals surface area (Å²) in [5.41, 5.74) is 1.02. The molecule has 1 aliphatic rings. The Kier molecular flexibility index (Phi) is 3.72. The maximum Gasteiger partial charge on any atom is 0.0897 e. The van der Waals surface area contributed by atoms with Crippen LogP contribution in [-0.2, 0) is 11.2 Å². The van der Waals surface area contributed by atoms with Gasteiger partial charge in [0.25, 0.3) is 0 Å². The highest BCUT2D eigenvalue weighted by Gasteiger charge is 2.20. The largest absolute Gasteiger partial charge is 0.393 e. The molecule has 2 atom stereocenters. The molecule has 84 valence electrons. The summed E-state index contributed by atoms with van der Waals surface area (Å²) in [4.78, 5) is 4.35. The molecule has 0 radical (unpaired) electrons. The number of aliphatic hydroxyl groups is 1. The Hall–Kier alpha value is -0.450. The van der Waals surface area contributed by atoms with Gasteiger partial charge in [-0.3, -0.25) is 0 Å². The van der Waals surface area contributed by atoms with Crippen molar-refractivity contribution in [1.82, 2.24) is 4.98 Å². The van der Waals surface area contributed by atoms with E-state index in [1.54, 1.807) is 11.3 Å². The molecule has 0 spiro atoms. The predicted octanol–water partition coefficient (Wildman–Crippen LogP) is 1.78. The highest BCUT2D eigenvalue weighted by Crippen LogP contribution is 2.20. The molecule has 1 N–H and O–H groups in total. The minimum atomic E-state index is -0.266. The third-order valence-corrected chi connectivity index (χ3v) is 3.56. The van der Waals surface area contributed by atoms with Gasteiger partial charge in [-0.25, -0.2) is 4.98 Å². The van der Waals surface area contributed by atoms with Gasteiger partial charge in [-0.1, -0.05) is 0 Å². The Bertz CT molecular complexity index is 307. The lowest BCUT2D eigenvalue weighted by molar-refractivity contribution is 0.128. The first-order chi connectivity index (χ1) is 7.24. The second-order valence-corrected chi connectivity index (χ2v) is 5.24. The topological polar surface area (TPSA) is 42.4 Å². The molecule has 2 rings (SSSR count). The van der Waals surface area contributed by atoms with Crippen molar-refractivity contribution in [1.29, 1.82) is 0 Å². The Labute approximate surface area is 94.1 Å². The van der Waals surface area contributed by atoms with Crippen LogP contribution in [0.5, 0.6) is 0 Å². The van der Waals surface area contributed by atoms with Crippen LogP contribution in [-0.4, -0.2) is 29.4 Å². The lowest BCUT2D eigenvalue weighted by Crippen LogP contribution is -2.16. The third kappa shape index (κ3) is 3.26. The average Bonchev–Trinajstić information content (AvgIpc) is 2.77. The molecule has 1 aromatic rings. The summed E-state index contributed by atoms with van der Waals surface area (Å²) in [5.74, 6) is 0.541. The molecule has 1 fully saturated rings. The van der Waals surface area contributed by atoms with Crippen LogP contribution < -0.4 is 0 Å². The van der Waals surface area contributed by atoms with Crippen molar-refractivity contribution < 1.29 is 9.84 Å². The van der Waals surface area contributed by atoms with E-state index in [9.17, 15) is 5.11 Å². The van der Waals surface area contributed by atoms with Gasteiger partial charge in [0.05, 0.1) is 16.8 Å². The monoisotopic (exact) mass is 227 g/mol. The van der Waals surface area contributed by atoms with Crippen LogP contribution in [0.3, 0.4) is 0 Å². The van der Waals surface area contributed by atoms with E-state index in [2.05, 4.69) is 4.98 Å². The number of aromatic nitrogens is 1. The van der Waals surface area contributed by atoms with Gasteiger partial charge in [0.1, 0.15) is 0 Å².